The third kappa shape index (κ3) is 7.94. The van der Waals surface area contributed by atoms with Gasteiger partial charge in [0.1, 0.15) is 29.2 Å². The molecule has 0 aromatic heterocycles. The van der Waals surface area contributed by atoms with E-state index in [0.29, 0.717) is 34.7 Å². The van der Waals surface area contributed by atoms with Gasteiger partial charge in [0.25, 0.3) is 5.91 Å². The zero-order chi connectivity index (χ0) is 30.6. The quantitative estimate of drug-likeness (QED) is 0.246. The molecule has 222 valence electrons. The maximum absolute atomic E-state index is 14.4. The van der Waals surface area contributed by atoms with Gasteiger partial charge in [-0.25, -0.2) is 4.79 Å². The first kappa shape index (κ1) is 30.7. The first-order chi connectivity index (χ1) is 19.8. The predicted molar refractivity (Wildman–Crippen MR) is 161 cm³/mol. The molecule has 0 radical (unpaired) electrons. The molecule has 3 amide bonds. The molecule has 2 atom stereocenters. The average molecular weight is 594 g/mol. The lowest BCUT2D eigenvalue weighted by Gasteiger charge is -2.35. The van der Waals surface area contributed by atoms with E-state index < -0.39 is 35.6 Å². The van der Waals surface area contributed by atoms with Gasteiger partial charge < -0.3 is 30.5 Å². The monoisotopic (exact) mass is 593 g/mol. The van der Waals surface area contributed by atoms with Crippen LogP contribution in [0, 0.1) is 6.92 Å². The lowest BCUT2D eigenvalue weighted by atomic mass is 9.99. The summed E-state index contributed by atoms with van der Waals surface area (Å²) in [5.74, 6) is -1.000. The lowest BCUT2D eigenvalue weighted by molar-refractivity contribution is -0.141. The minimum absolute atomic E-state index is 0.0602. The molecule has 42 heavy (non-hydrogen) atoms. The van der Waals surface area contributed by atoms with Crippen LogP contribution in [0.2, 0.25) is 5.02 Å². The molecule has 0 saturated heterocycles. The molecular formula is C32H36ClN3O6. The van der Waals surface area contributed by atoms with E-state index in [1.54, 1.807) is 57.2 Å². The third-order valence-electron chi connectivity index (χ3n) is 6.74. The van der Waals surface area contributed by atoms with E-state index in [1.165, 1.54) is 29.2 Å². The molecule has 0 aliphatic heterocycles. The Bertz CT molecular complexity index is 1430. The molecule has 2 unspecified atom stereocenters. The fourth-order valence-corrected chi connectivity index (χ4v) is 4.95. The van der Waals surface area contributed by atoms with E-state index in [0.717, 1.165) is 5.56 Å². The summed E-state index contributed by atoms with van der Waals surface area (Å²) < 4.78 is 5.46. The third-order valence-corrected chi connectivity index (χ3v) is 7.06. The van der Waals surface area contributed by atoms with Gasteiger partial charge in [-0.05, 0) is 87.6 Å². The van der Waals surface area contributed by atoms with Crippen LogP contribution in [0.15, 0.2) is 66.7 Å². The summed E-state index contributed by atoms with van der Waals surface area (Å²) in [5.41, 5.74) is 1.45. The smallest absolute Gasteiger partial charge is 0.408 e. The Balaban J connectivity index is 1.74. The zero-order valence-electron chi connectivity index (χ0n) is 24.1. The van der Waals surface area contributed by atoms with Crippen molar-refractivity contribution in [2.45, 2.75) is 70.7 Å². The normalized spacial score (nSPS) is 14.4. The van der Waals surface area contributed by atoms with Gasteiger partial charge in [-0.1, -0.05) is 48.0 Å². The number of nitrogens with one attached hydrogen (secondary N) is 2. The number of halogens is 1. The Labute approximate surface area is 250 Å². The maximum atomic E-state index is 14.4. The first-order valence-corrected chi connectivity index (χ1v) is 14.1. The second-order valence-electron chi connectivity index (χ2n) is 11.5. The zero-order valence-corrected chi connectivity index (χ0v) is 24.8. The number of carbonyl (C=O) groups excluding carboxylic acids is 3. The van der Waals surface area contributed by atoms with E-state index in [-0.39, 0.29) is 24.0 Å². The van der Waals surface area contributed by atoms with Gasteiger partial charge in [0.2, 0.25) is 5.91 Å². The topological polar surface area (TPSA) is 128 Å². The number of aromatic hydroxyl groups is 2. The highest BCUT2D eigenvalue weighted by atomic mass is 35.5. The van der Waals surface area contributed by atoms with Crippen molar-refractivity contribution >= 4 is 35.2 Å². The molecule has 1 saturated carbocycles. The summed E-state index contributed by atoms with van der Waals surface area (Å²) in [7, 11) is 0. The van der Waals surface area contributed by atoms with Gasteiger partial charge in [0.05, 0.1) is 10.7 Å². The van der Waals surface area contributed by atoms with Crippen molar-refractivity contribution in [3.63, 3.8) is 0 Å². The molecule has 3 aromatic rings. The van der Waals surface area contributed by atoms with Crippen molar-refractivity contribution in [3.05, 3.63) is 88.4 Å². The number of alkyl carbamates (subject to hydrolysis) is 1. The maximum Gasteiger partial charge on any atom is 0.408 e. The van der Waals surface area contributed by atoms with Crippen LogP contribution >= 0.6 is 11.6 Å². The summed E-state index contributed by atoms with van der Waals surface area (Å²) >= 11 is 6.41. The minimum Gasteiger partial charge on any atom is -0.508 e. The highest BCUT2D eigenvalue weighted by Gasteiger charge is 2.44. The number of nitrogens with zero attached hydrogens (tertiary/aromatic N) is 1. The van der Waals surface area contributed by atoms with Crippen LogP contribution in [0.1, 0.15) is 56.3 Å². The van der Waals surface area contributed by atoms with Gasteiger partial charge in [-0.15, -0.1) is 0 Å². The second kappa shape index (κ2) is 12.7. The molecule has 0 heterocycles. The van der Waals surface area contributed by atoms with Gasteiger partial charge >= 0.3 is 6.09 Å². The van der Waals surface area contributed by atoms with Crippen LogP contribution in [-0.2, 0) is 20.7 Å². The molecule has 0 bridgehead atoms. The Morgan fingerprint density at radius 3 is 2.26 bits per heavy atom. The van der Waals surface area contributed by atoms with Crippen molar-refractivity contribution in [1.82, 2.24) is 10.2 Å². The summed E-state index contributed by atoms with van der Waals surface area (Å²) in [4.78, 5) is 42.8. The number of phenolic OH excluding ortho intramolecular Hbond substituents is 2. The average Bonchev–Trinajstić information content (AvgIpc) is 3.74. The molecule has 3 aromatic carbocycles. The number of para-hydroxylation sites is 1. The number of ether oxygens (including phenoxy) is 1. The summed E-state index contributed by atoms with van der Waals surface area (Å²) in [6.07, 6.45) is 0.635. The Morgan fingerprint density at radius 2 is 1.67 bits per heavy atom. The standard InChI is InChI=1S/C32H36ClN3O6/c1-19-7-5-10-25(33)27(19)35-29(39)28(21-8-6-9-24(38)18-21)36(22-13-14-22)30(40)26(34-31(41)42-32(2,3)4)17-20-11-15-23(37)16-12-20/h5-12,15-16,18,22,26,28,37-38H,13-14,17H2,1-4H3,(H,34,41)(H,35,39). The largest absolute Gasteiger partial charge is 0.508 e. The predicted octanol–water partition coefficient (Wildman–Crippen LogP) is 5.87. The van der Waals surface area contributed by atoms with Crippen molar-refractivity contribution < 1.29 is 29.3 Å². The van der Waals surface area contributed by atoms with Gasteiger partial charge in [-0.2, -0.15) is 0 Å². The van der Waals surface area contributed by atoms with Crippen molar-refractivity contribution in [3.8, 4) is 11.5 Å². The van der Waals surface area contributed by atoms with Crippen LogP contribution in [0.3, 0.4) is 0 Å². The molecule has 1 fully saturated rings. The van der Waals surface area contributed by atoms with Gasteiger partial charge in [0, 0.05) is 12.5 Å². The number of benzene rings is 3. The number of rotatable bonds is 9. The molecular weight excluding hydrogens is 558 g/mol. The highest BCUT2D eigenvalue weighted by Crippen LogP contribution is 2.38. The van der Waals surface area contributed by atoms with Gasteiger partial charge in [0.15, 0.2) is 0 Å². The van der Waals surface area contributed by atoms with Crippen LogP contribution in [-0.4, -0.2) is 50.7 Å². The van der Waals surface area contributed by atoms with Crippen molar-refractivity contribution in [1.29, 1.82) is 0 Å². The highest BCUT2D eigenvalue weighted by molar-refractivity contribution is 6.34. The van der Waals surface area contributed by atoms with Crippen molar-refractivity contribution in [2.24, 2.45) is 0 Å². The number of carbonyl (C=O) groups is 3. The Kier molecular flexibility index (Phi) is 9.31. The number of amides is 3. The Morgan fingerprint density at radius 1 is 1.00 bits per heavy atom. The number of phenols is 2. The second-order valence-corrected chi connectivity index (χ2v) is 11.9. The fraction of sp³-hybridized carbons (Fsp3) is 0.344. The van der Waals surface area contributed by atoms with E-state index >= 15 is 0 Å². The van der Waals surface area contributed by atoms with Crippen LogP contribution in [0.25, 0.3) is 0 Å². The van der Waals surface area contributed by atoms with Crippen LogP contribution in [0.4, 0.5) is 10.5 Å². The summed E-state index contributed by atoms with van der Waals surface area (Å²) in [6, 6.07) is 15.3. The van der Waals surface area contributed by atoms with E-state index in [2.05, 4.69) is 10.6 Å². The fourth-order valence-electron chi connectivity index (χ4n) is 4.68. The SMILES string of the molecule is Cc1cccc(Cl)c1NC(=O)C(c1cccc(O)c1)N(C(=O)C(Cc1ccc(O)cc1)NC(=O)OC(C)(C)C)C1CC1. The van der Waals surface area contributed by atoms with Gasteiger partial charge in [-0.3, -0.25) is 9.59 Å². The Hall–Kier alpha value is -4.24. The number of hydrogen-bond acceptors (Lipinski definition) is 6. The number of hydrogen-bond donors (Lipinski definition) is 4. The summed E-state index contributed by atoms with van der Waals surface area (Å²) in [6.45, 7) is 6.98. The van der Waals surface area contributed by atoms with E-state index in [4.69, 9.17) is 16.3 Å². The molecule has 1 aliphatic carbocycles. The molecule has 0 spiro atoms. The van der Waals surface area contributed by atoms with Crippen molar-refractivity contribution in [2.75, 3.05) is 5.32 Å². The minimum atomic E-state index is -1.14. The molecule has 9 nitrogen and oxygen atoms in total. The first-order valence-electron chi connectivity index (χ1n) is 13.8. The molecule has 1 aliphatic rings. The molecule has 10 heteroatoms. The molecule has 4 rings (SSSR count). The van der Waals surface area contributed by atoms with E-state index in [1.807, 2.05) is 13.0 Å². The molecule has 4 N–H and O–H groups in total. The summed E-state index contributed by atoms with van der Waals surface area (Å²) in [5, 5.41) is 26.0. The lowest BCUT2D eigenvalue weighted by Crippen LogP contribution is -2.54. The van der Waals surface area contributed by atoms with Crippen LogP contribution < -0.4 is 10.6 Å². The number of aryl methyl sites for hydroxylation is 1. The van der Waals surface area contributed by atoms with Crippen LogP contribution in [0.5, 0.6) is 11.5 Å². The number of anilines is 1. The van der Waals surface area contributed by atoms with E-state index in [9.17, 15) is 24.6 Å².